The molecule has 7 rings (SSSR count). The average Bonchev–Trinajstić information content (AvgIpc) is 3.91. The Morgan fingerprint density at radius 2 is 1.59 bits per heavy atom. The maximum atomic E-state index is 13.7. The number of nitrogens with one attached hydrogen (secondary N) is 5. The first kappa shape index (κ1) is 55.2. The summed E-state index contributed by atoms with van der Waals surface area (Å²) >= 11 is 0. The number of nitriles is 1. The van der Waals surface area contributed by atoms with E-state index in [-0.39, 0.29) is 98.8 Å². The van der Waals surface area contributed by atoms with Crippen LogP contribution in [0.3, 0.4) is 0 Å². The van der Waals surface area contributed by atoms with Gasteiger partial charge in [0.25, 0.3) is 17.4 Å². The topological polar surface area (TPSA) is 321 Å². The summed E-state index contributed by atoms with van der Waals surface area (Å²) in [5.41, 5.74) is 0.346. The van der Waals surface area contributed by atoms with Crippen molar-refractivity contribution in [1.82, 2.24) is 45.9 Å². The molecule has 1 saturated heterocycles. The van der Waals surface area contributed by atoms with Crippen LogP contribution in [0.4, 0.5) is 0 Å². The zero-order valence-corrected chi connectivity index (χ0v) is 42.7. The van der Waals surface area contributed by atoms with Gasteiger partial charge >= 0.3 is 5.97 Å². The molecule has 3 aromatic rings. The van der Waals surface area contributed by atoms with E-state index in [4.69, 9.17) is 14.5 Å². The Balaban J connectivity index is 0.926. The summed E-state index contributed by atoms with van der Waals surface area (Å²) in [6.07, 6.45) is 3.57. The van der Waals surface area contributed by atoms with E-state index in [0.29, 0.717) is 79.0 Å². The van der Waals surface area contributed by atoms with Crippen molar-refractivity contribution < 1.29 is 58.0 Å². The molecule has 75 heavy (non-hydrogen) atoms. The van der Waals surface area contributed by atoms with Crippen LogP contribution in [-0.4, -0.2) is 140 Å². The van der Waals surface area contributed by atoms with Crippen molar-refractivity contribution in [1.29, 1.82) is 5.26 Å². The molecule has 6 heterocycles. The van der Waals surface area contributed by atoms with Gasteiger partial charge in [-0.25, -0.2) is 9.78 Å². The lowest BCUT2D eigenvalue weighted by atomic mass is 9.86. The van der Waals surface area contributed by atoms with Gasteiger partial charge in [-0.05, 0) is 84.4 Å². The van der Waals surface area contributed by atoms with Gasteiger partial charge in [-0.3, -0.25) is 48.2 Å². The second-order valence-corrected chi connectivity index (χ2v) is 19.4. The normalized spacial score (nSPS) is 18.7. The van der Waals surface area contributed by atoms with Gasteiger partial charge in [0.15, 0.2) is 5.60 Å². The molecular weight excluding hydrogens is 973 g/mol. The molecule has 0 radical (unpaired) electrons. The number of imide groups is 1. The number of ether oxygens (including phenoxy) is 2. The number of piperidine rings is 1. The number of hydrogen-bond donors (Lipinski definition) is 7. The van der Waals surface area contributed by atoms with Crippen molar-refractivity contribution in [3.8, 4) is 23.2 Å². The molecule has 1 aromatic carbocycles. The number of cyclic esters (lactones) is 1. The van der Waals surface area contributed by atoms with Gasteiger partial charge in [0, 0.05) is 98.5 Å². The van der Waals surface area contributed by atoms with E-state index >= 15 is 0 Å². The van der Waals surface area contributed by atoms with Crippen LogP contribution in [0.25, 0.3) is 22.3 Å². The van der Waals surface area contributed by atoms with Crippen LogP contribution in [0.1, 0.15) is 114 Å². The second-order valence-electron chi connectivity index (χ2n) is 19.4. The molecule has 0 aliphatic carbocycles. The third-order valence-corrected chi connectivity index (χ3v) is 14.1. The monoisotopic (exact) mass is 1040 g/mol. The number of esters is 1. The predicted molar refractivity (Wildman–Crippen MR) is 268 cm³/mol. The van der Waals surface area contributed by atoms with E-state index < -0.39 is 70.7 Å². The summed E-state index contributed by atoms with van der Waals surface area (Å²) < 4.78 is 12.0. The molecule has 1 fully saturated rings. The Hall–Kier alpha value is -7.55. The second kappa shape index (κ2) is 23.8. The minimum absolute atomic E-state index is 0.00411. The van der Waals surface area contributed by atoms with Gasteiger partial charge in [0.05, 0.1) is 34.6 Å². The lowest BCUT2D eigenvalue weighted by Crippen LogP contribution is -2.56. The number of likely N-dealkylation sites (tertiary alicyclic amines) is 1. The van der Waals surface area contributed by atoms with Crippen molar-refractivity contribution in [2.45, 2.75) is 141 Å². The molecule has 4 aliphatic heterocycles. The fourth-order valence-electron chi connectivity index (χ4n) is 9.68. The zero-order valence-electron chi connectivity index (χ0n) is 42.7. The SMILES string of the molecule is CCOCCC(C)NC(=O)CC[C@H](NC(=O)CCCN1C(=O)C=CC1=O)C(=O)N[C@@H](C)C(=O)N[C@@H](C)C(=O)NC1CCN(Cc2c(O)c(C#N)cc3nc4c(cc23)Cn2c-4cc3c(c2=O)COC(=O)[C@]3(O)CC)CC1. The number of carbonyl (C=O) groups excluding carboxylic acids is 8. The van der Waals surface area contributed by atoms with Gasteiger partial charge < -0.3 is 50.8 Å². The number of aromatic nitrogens is 2. The average molecular weight is 1040 g/mol. The minimum Gasteiger partial charge on any atom is -0.506 e. The van der Waals surface area contributed by atoms with Crippen LogP contribution >= 0.6 is 0 Å². The molecule has 23 heteroatoms. The van der Waals surface area contributed by atoms with Crippen LogP contribution in [0, 0.1) is 11.3 Å². The van der Waals surface area contributed by atoms with Crippen molar-refractivity contribution in [3.63, 3.8) is 0 Å². The Labute approximate surface area is 432 Å². The van der Waals surface area contributed by atoms with Gasteiger partial charge in [0.2, 0.25) is 29.5 Å². The van der Waals surface area contributed by atoms with E-state index in [1.165, 1.54) is 24.5 Å². The Morgan fingerprint density at radius 3 is 2.27 bits per heavy atom. The van der Waals surface area contributed by atoms with E-state index in [2.05, 4.69) is 31.5 Å². The number of amides is 7. The summed E-state index contributed by atoms with van der Waals surface area (Å²) in [4.78, 5) is 124. The van der Waals surface area contributed by atoms with Crippen LogP contribution in [0.15, 0.2) is 35.1 Å². The number of aromatic hydroxyl groups is 1. The van der Waals surface area contributed by atoms with E-state index in [1.807, 2.05) is 26.0 Å². The first-order valence-electron chi connectivity index (χ1n) is 25.4. The first-order valence-corrected chi connectivity index (χ1v) is 25.4. The smallest absolute Gasteiger partial charge is 0.343 e. The highest BCUT2D eigenvalue weighted by molar-refractivity contribution is 6.12. The van der Waals surface area contributed by atoms with Crippen molar-refractivity contribution in [2.75, 3.05) is 32.8 Å². The van der Waals surface area contributed by atoms with E-state index in [1.54, 1.807) is 13.0 Å². The zero-order chi connectivity index (χ0) is 54.3. The molecule has 7 N–H and O–H groups in total. The highest BCUT2D eigenvalue weighted by Crippen LogP contribution is 2.41. The van der Waals surface area contributed by atoms with Crippen LogP contribution < -0.4 is 32.1 Å². The Bertz CT molecular complexity index is 2900. The van der Waals surface area contributed by atoms with Gasteiger partial charge in [0.1, 0.15) is 36.6 Å². The molecule has 5 atom stereocenters. The molecule has 0 spiro atoms. The number of benzene rings is 1. The predicted octanol–water partition coefficient (Wildman–Crippen LogP) is 0.648. The lowest BCUT2D eigenvalue weighted by molar-refractivity contribution is -0.172. The van der Waals surface area contributed by atoms with Gasteiger partial charge in [-0.15, -0.1) is 0 Å². The quantitative estimate of drug-likeness (QED) is 0.0323. The Morgan fingerprint density at radius 1 is 0.907 bits per heavy atom. The standard InChI is InChI=1S/C52H64N10O13/c1-6-52(73)37-23-40-45-32(25-62(40)50(71)36(37)27-75-51(52)72)21-34-35(46(67)31(24-53)22-39(34)59-45)26-60-18-14-33(15-19-60)57-48(69)30(5)55-47(68)29(4)56-49(70)38(10-11-42(64)54-28(3)16-20-74-7-2)58-41(63)9-8-17-61-43(65)12-13-44(61)66/h12-13,21-23,28-30,33,38,67,73H,6-11,14-20,25-27H2,1-5H3,(H,54,64)(H,55,68)(H,56,70)(H,57,69)(H,58,63)/t28?,29-,30-,38-,52-/m0/s1. The summed E-state index contributed by atoms with van der Waals surface area (Å²) in [5, 5.41) is 46.9. The molecule has 0 bridgehead atoms. The molecule has 2 aromatic heterocycles. The summed E-state index contributed by atoms with van der Waals surface area (Å²) in [7, 11) is 0. The number of carbonyl (C=O) groups is 8. The molecule has 7 amide bonds. The van der Waals surface area contributed by atoms with Crippen LogP contribution in [0.5, 0.6) is 5.75 Å². The van der Waals surface area contributed by atoms with Crippen molar-refractivity contribution in [3.05, 3.63) is 68.5 Å². The molecule has 0 saturated carbocycles. The van der Waals surface area contributed by atoms with E-state index in [0.717, 1.165) is 17.1 Å². The maximum Gasteiger partial charge on any atom is 0.343 e. The molecule has 23 nitrogen and oxygen atoms in total. The summed E-state index contributed by atoms with van der Waals surface area (Å²) in [5.74, 6) is -4.85. The third-order valence-electron chi connectivity index (χ3n) is 14.1. The molecular formula is C52H64N10O13. The number of rotatable bonds is 22. The number of phenolic OH excluding ortho intramolecular Hbond substituents is 1. The summed E-state index contributed by atoms with van der Waals surface area (Å²) in [6, 6.07) is 3.05. The number of hydrogen-bond acceptors (Lipinski definition) is 16. The van der Waals surface area contributed by atoms with Crippen LogP contribution in [-0.2, 0) is 73.1 Å². The number of phenols is 1. The molecule has 4 aliphatic rings. The van der Waals surface area contributed by atoms with E-state index in [9.17, 15) is 58.6 Å². The highest BCUT2D eigenvalue weighted by Gasteiger charge is 2.45. The van der Waals surface area contributed by atoms with Crippen molar-refractivity contribution >= 4 is 58.2 Å². The number of nitrogens with zero attached hydrogens (tertiary/aromatic N) is 5. The number of fused-ring (bicyclic) bond motifs is 5. The molecule has 1 unspecified atom stereocenters. The number of pyridine rings is 2. The minimum atomic E-state index is -1.99. The fraction of sp³-hybridized carbons (Fsp3) is 0.519. The fourth-order valence-corrected chi connectivity index (χ4v) is 9.68. The Kier molecular flexibility index (Phi) is 17.5. The van der Waals surface area contributed by atoms with Gasteiger partial charge in [-0.2, -0.15) is 5.26 Å². The first-order chi connectivity index (χ1) is 35.8. The highest BCUT2D eigenvalue weighted by atomic mass is 16.6. The van der Waals surface area contributed by atoms with Crippen molar-refractivity contribution in [2.24, 2.45) is 0 Å². The summed E-state index contributed by atoms with van der Waals surface area (Å²) in [6.45, 7) is 10.2. The van der Waals surface area contributed by atoms with Gasteiger partial charge in [-0.1, -0.05) is 6.92 Å². The maximum absolute atomic E-state index is 13.7. The van der Waals surface area contributed by atoms with Crippen LogP contribution in [0.2, 0.25) is 0 Å². The molecule has 400 valence electrons. The number of aliphatic hydroxyl groups is 1. The third kappa shape index (κ3) is 12.4. The largest absolute Gasteiger partial charge is 0.506 e. The lowest BCUT2D eigenvalue weighted by Gasteiger charge is -2.33.